The first-order chi connectivity index (χ1) is 12.8. The molecule has 1 aromatic carbocycles. The van der Waals surface area contributed by atoms with Gasteiger partial charge in [-0.2, -0.15) is 0 Å². The second-order valence-electron chi connectivity index (χ2n) is 5.86. The van der Waals surface area contributed by atoms with Gasteiger partial charge in [-0.15, -0.1) is 11.3 Å². The molecule has 0 atom stereocenters. The average Bonchev–Trinajstić information content (AvgIpc) is 3.32. The maximum absolute atomic E-state index is 5.34. The van der Waals surface area contributed by atoms with E-state index in [4.69, 9.17) is 4.42 Å². The molecule has 0 bridgehead atoms. The van der Waals surface area contributed by atoms with E-state index in [-0.39, 0.29) is 0 Å². The Hall–Kier alpha value is -3.12. The van der Waals surface area contributed by atoms with Crippen molar-refractivity contribution in [3.05, 3.63) is 78.4 Å². The number of anilines is 3. The van der Waals surface area contributed by atoms with Crippen LogP contribution >= 0.6 is 11.3 Å². The summed E-state index contributed by atoms with van der Waals surface area (Å²) in [5.74, 6) is 1.50. The summed E-state index contributed by atoms with van der Waals surface area (Å²) in [6.45, 7) is 2.72. The van der Waals surface area contributed by atoms with Crippen molar-refractivity contribution in [1.82, 2.24) is 9.97 Å². The fourth-order valence-corrected chi connectivity index (χ4v) is 3.44. The summed E-state index contributed by atoms with van der Waals surface area (Å²) in [6, 6.07) is 18.0. The van der Waals surface area contributed by atoms with Crippen LogP contribution in [0.3, 0.4) is 0 Å². The number of thiophene rings is 1. The molecule has 0 saturated carbocycles. The smallest absolute Gasteiger partial charge is 0.227 e. The lowest BCUT2D eigenvalue weighted by molar-refractivity contribution is 0.518. The zero-order valence-corrected chi connectivity index (χ0v) is 15.1. The van der Waals surface area contributed by atoms with Gasteiger partial charge in [-0.25, -0.2) is 9.97 Å². The molecule has 130 valence electrons. The first-order valence-corrected chi connectivity index (χ1v) is 9.11. The molecule has 0 amide bonds. The predicted octanol–water partition coefficient (Wildman–Crippen LogP) is 5.46. The van der Waals surface area contributed by atoms with E-state index >= 15 is 0 Å². The zero-order chi connectivity index (χ0) is 17.8. The van der Waals surface area contributed by atoms with Crippen LogP contribution in [0.2, 0.25) is 0 Å². The molecule has 0 unspecified atom stereocenters. The molecule has 0 spiro atoms. The van der Waals surface area contributed by atoms with Gasteiger partial charge in [0.15, 0.2) is 0 Å². The predicted molar refractivity (Wildman–Crippen MR) is 106 cm³/mol. The summed E-state index contributed by atoms with van der Waals surface area (Å²) < 4.78 is 5.34. The molecule has 0 radical (unpaired) electrons. The lowest BCUT2D eigenvalue weighted by atomic mass is 10.2. The number of nitrogens with one attached hydrogen (secondary N) is 2. The van der Waals surface area contributed by atoms with E-state index < -0.39 is 0 Å². The summed E-state index contributed by atoms with van der Waals surface area (Å²) in [7, 11) is 0. The lowest BCUT2D eigenvalue weighted by Gasteiger charge is -2.06. The van der Waals surface area contributed by atoms with Crippen LogP contribution in [0.4, 0.5) is 16.6 Å². The SMILES string of the molecule is Cc1cccc(Nc2nccc(-c3ccc(NCc4ccco4)s3)n2)c1. The molecular weight excluding hydrogens is 344 g/mol. The summed E-state index contributed by atoms with van der Waals surface area (Å²) in [4.78, 5) is 10.0. The van der Waals surface area contributed by atoms with Gasteiger partial charge in [-0.3, -0.25) is 0 Å². The second kappa shape index (κ2) is 7.41. The lowest BCUT2D eigenvalue weighted by Crippen LogP contribution is -1.97. The molecule has 0 saturated heterocycles. The van der Waals surface area contributed by atoms with E-state index in [0.29, 0.717) is 12.5 Å². The van der Waals surface area contributed by atoms with Crippen LogP contribution in [0.5, 0.6) is 0 Å². The first-order valence-electron chi connectivity index (χ1n) is 8.29. The highest BCUT2D eigenvalue weighted by molar-refractivity contribution is 7.19. The number of hydrogen-bond donors (Lipinski definition) is 2. The maximum Gasteiger partial charge on any atom is 0.227 e. The van der Waals surface area contributed by atoms with E-state index in [1.54, 1.807) is 23.8 Å². The highest BCUT2D eigenvalue weighted by atomic mass is 32.1. The number of nitrogens with zero attached hydrogens (tertiary/aromatic N) is 2. The minimum atomic E-state index is 0.589. The van der Waals surface area contributed by atoms with Gasteiger partial charge in [-0.05, 0) is 55.0 Å². The fourth-order valence-electron chi connectivity index (χ4n) is 2.57. The summed E-state index contributed by atoms with van der Waals surface area (Å²) >= 11 is 1.65. The molecule has 0 fully saturated rings. The molecule has 4 rings (SSSR count). The zero-order valence-electron chi connectivity index (χ0n) is 14.3. The number of benzene rings is 1. The summed E-state index contributed by atoms with van der Waals surface area (Å²) in [6.07, 6.45) is 3.46. The van der Waals surface area contributed by atoms with E-state index in [9.17, 15) is 0 Å². The second-order valence-corrected chi connectivity index (χ2v) is 6.94. The minimum Gasteiger partial charge on any atom is -0.467 e. The number of aromatic nitrogens is 2. The normalized spacial score (nSPS) is 10.7. The van der Waals surface area contributed by atoms with Crippen molar-refractivity contribution >= 4 is 28.0 Å². The fraction of sp³-hybridized carbons (Fsp3) is 0.100. The Bertz CT molecular complexity index is 994. The first kappa shape index (κ1) is 16.4. The van der Waals surface area contributed by atoms with Crippen molar-refractivity contribution < 1.29 is 4.42 Å². The molecule has 0 aliphatic carbocycles. The van der Waals surface area contributed by atoms with Crippen molar-refractivity contribution in [2.45, 2.75) is 13.5 Å². The van der Waals surface area contributed by atoms with Crippen LogP contribution in [0.25, 0.3) is 10.6 Å². The minimum absolute atomic E-state index is 0.589. The quantitative estimate of drug-likeness (QED) is 0.477. The van der Waals surface area contributed by atoms with Gasteiger partial charge in [0.2, 0.25) is 5.95 Å². The van der Waals surface area contributed by atoms with Gasteiger partial charge in [0.1, 0.15) is 5.76 Å². The van der Waals surface area contributed by atoms with Crippen LogP contribution in [-0.4, -0.2) is 9.97 Å². The number of aryl methyl sites for hydroxylation is 1. The monoisotopic (exact) mass is 362 g/mol. The van der Waals surface area contributed by atoms with Crippen LogP contribution in [-0.2, 0) is 6.54 Å². The molecule has 4 aromatic rings. The molecule has 3 heterocycles. The topological polar surface area (TPSA) is 63.0 Å². The largest absolute Gasteiger partial charge is 0.467 e. The Morgan fingerprint density at radius 3 is 2.88 bits per heavy atom. The highest BCUT2D eigenvalue weighted by Crippen LogP contribution is 2.31. The molecule has 0 aliphatic heterocycles. The van der Waals surface area contributed by atoms with Crippen LogP contribution in [0.1, 0.15) is 11.3 Å². The van der Waals surface area contributed by atoms with E-state index in [0.717, 1.165) is 27.0 Å². The van der Waals surface area contributed by atoms with Crippen molar-refractivity contribution in [2.75, 3.05) is 10.6 Å². The van der Waals surface area contributed by atoms with Crippen LogP contribution in [0.15, 0.2) is 71.5 Å². The standard InChI is InChI=1S/C20H18N4OS/c1-14-4-2-5-15(12-14)23-20-21-10-9-17(24-20)18-7-8-19(26-18)22-13-16-6-3-11-25-16/h2-12,22H,13H2,1H3,(H,21,23,24). The molecule has 26 heavy (non-hydrogen) atoms. The van der Waals surface area contributed by atoms with Crippen molar-refractivity contribution in [1.29, 1.82) is 0 Å². The molecule has 0 aliphatic rings. The van der Waals surface area contributed by atoms with Crippen molar-refractivity contribution in [2.24, 2.45) is 0 Å². The van der Waals surface area contributed by atoms with Crippen LogP contribution < -0.4 is 10.6 Å². The Balaban J connectivity index is 1.48. The third-order valence-corrected chi connectivity index (χ3v) is 4.87. The third kappa shape index (κ3) is 3.92. The van der Waals surface area contributed by atoms with Gasteiger partial charge in [0.25, 0.3) is 0 Å². The third-order valence-electron chi connectivity index (χ3n) is 3.81. The van der Waals surface area contributed by atoms with E-state index in [1.807, 2.05) is 30.3 Å². The average molecular weight is 362 g/mol. The molecule has 3 aromatic heterocycles. The Morgan fingerprint density at radius 1 is 1.08 bits per heavy atom. The number of hydrogen-bond acceptors (Lipinski definition) is 6. The Kier molecular flexibility index (Phi) is 4.66. The van der Waals surface area contributed by atoms with E-state index in [1.165, 1.54) is 5.56 Å². The van der Waals surface area contributed by atoms with Crippen LogP contribution in [0, 0.1) is 6.92 Å². The van der Waals surface area contributed by atoms with Gasteiger partial charge < -0.3 is 15.1 Å². The summed E-state index contributed by atoms with van der Waals surface area (Å²) in [5, 5.41) is 7.70. The van der Waals surface area contributed by atoms with Gasteiger partial charge in [0, 0.05) is 11.9 Å². The Labute approximate surface area is 155 Å². The van der Waals surface area contributed by atoms with Crippen molar-refractivity contribution in [3.63, 3.8) is 0 Å². The van der Waals surface area contributed by atoms with Gasteiger partial charge in [0.05, 0.1) is 28.4 Å². The summed E-state index contributed by atoms with van der Waals surface area (Å²) in [5.41, 5.74) is 3.07. The molecule has 2 N–H and O–H groups in total. The van der Waals surface area contributed by atoms with Gasteiger partial charge >= 0.3 is 0 Å². The number of furan rings is 1. The molecule has 5 nitrogen and oxygen atoms in total. The molecular formula is C20H18N4OS. The van der Waals surface area contributed by atoms with E-state index in [2.05, 4.69) is 51.8 Å². The highest BCUT2D eigenvalue weighted by Gasteiger charge is 2.07. The van der Waals surface area contributed by atoms with Gasteiger partial charge in [-0.1, -0.05) is 12.1 Å². The number of rotatable bonds is 6. The maximum atomic E-state index is 5.34. The Morgan fingerprint density at radius 2 is 2.04 bits per heavy atom. The van der Waals surface area contributed by atoms with Crippen molar-refractivity contribution in [3.8, 4) is 10.6 Å². The molecule has 6 heteroatoms.